The first-order valence-electron chi connectivity index (χ1n) is 9.66. The quantitative estimate of drug-likeness (QED) is 0.687. The number of anilines is 1. The second kappa shape index (κ2) is 9.49. The highest BCUT2D eigenvalue weighted by atomic mass is 19.1. The zero-order chi connectivity index (χ0) is 20.8. The lowest BCUT2D eigenvalue weighted by Crippen LogP contribution is -2.33. The van der Waals surface area contributed by atoms with E-state index in [4.69, 9.17) is 4.74 Å². The monoisotopic (exact) mass is 402 g/mol. The number of unbranched alkanes of at least 4 members (excludes halogenated alkanes) is 1. The van der Waals surface area contributed by atoms with Gasteiger partial charge < -0.3 is 15.0 Å². The lowest BCUT2D eigenvalue weighted by molar-refractivity contribution is -0.126. The number of aryl methyl sites for hydroxylation is 1. The fourth-order valence-corrected chi connectivity index (χ4v) is 3.25. The highest BCUT2D eigenvalue weighted by molar-refractivity contribution is 6.00. The number of halogens is 2. The van der Waals surface area contributed by atoms with Crippen LogP contribution >= 0.6 is 0 Å². The van der Waals surface area contributed by atoms with Crippen LogP contribution in [0.4, 0.5) is 14.5 Å². The molecule has 1 N–H and O–H groups in total. The molecular formula is C22H24F2N2O3. The van der Waals surface area contributed by atoms with Gasteiger partial charge in [0.15, 0.2) is 0 Å². The summed E-state index contributed by atoms with van der Waals surface area (Å²) in [7, 11) is 0. The van der Waals surface area contributed by atoms with Crippen molar-refractivity contribution in [2.45, 2.75) is 26.2 Å². The van der Waals surface area contributed by atoms with E-state index in [9.17, 15) is 18.4 Å². The Kier molecular flexibility index (Phi) is 6.80. The number of amides is 2. The van der Waals surface area contributed by atoms with Crippen LogP contribution in [0.15, 0.2) is 42.5 Å². The third-order valence-corrected chi connectivity index (χ3v) is 4.84. The van der Waals surface area contributed by atoms with Gasteiger partial charge >= 0.3 is 0 Å². The summed E-state index contributed by atoms with van der Waals surface area (Å²) in [6.07, 6.45) is 1.51. The Balaban J connectivity index is 1.38. The molecule has 1 fully saturated rings. The SMILES string of the molecule is Cc1ccc(N2CC(C(=O)NCCCCOc3ccc(F)cc3)CC2=O)c(F)c1. The maximum absolute atomic E-state index is 14.1. The average molecular weight is 402 g/mol. The Morgan fingerprint density at radius 3 is 2.66 bits per heavy atom. The fraction of sp³-hybridized carbons (Fsp3) is 0.364. The molecule has 1 unspecified atom stereocenters. The molecular weight excluding hydrogens is 378 g/mol. The van der Waals surface area contributed by atoms with Gasteiger partial charge in [-0.15, -0.1) is 0 Å². The molecule has 5 nitrogen and oxygen atoms in total. The van der Waals surface area contributed by atoms with Gasteiger partial charge in [-0.25, -0.2) is 8.78 Å². The summed E-state index contributed by atoms with van der Waals surface area (Å²) in [4.78, 5) is 25.9. The molecule has 2 aromatic carbocycles. The number of rotatable bonds is 8. The van der Waals surface area contributed by atoms with Crippen molar-refractivity contribution in [2.24, 2.45) is 5.92 Å². The van der Waals surface area contributed by atoms with E-state index < -0.39 is 11.7 Å². The molecule has 0 radical (unpaired) electrons. The van der Waals surface area contributed by atoms with Gasteiger partial charge in [0.1, 0.15) is 17.4 Å². The van der Waals surface area contributed by atoms with Gasteiger partial charge in [0.05, 0.1) is 18.2 Å². The zero-order valence-electron chi connectivity index (χ0n) is 16.3. The van der Waals surface area contributed by atoms with Gasteiger partial charge in [-0.1, -0.05) is 6.07 Å². The molecule has 154 valence electrons. The molecule has 1 aliphatic heterocycles. The summed E-state index contributed by atoms with van der Waals surface area (Å²) >= 11 is 0. The maximum atomic E-state index is 14.1. The third kappa shape index (κ3) is 5.53. The topological polar surface area (TPSA) is 58.6 Å². The van der Waals surface area contributed by atoms with Gasteiger partial charge in [-0.05, 0) is 61.7 Å². The first-order valence-corrected chi connectivity index (χ1v) is 9.66. The lowest BCUT2D eigenvalue weighted by atomic mass is 10.1. The van der Waals surface area contributed by atoms with Crippen LogP contribution in [0.5, 0.6) is 5.75 Å². The molecule has 2 aromatic rings. The number of carbonyl (C=O) groups is 2. The van der Waals surface area contributed by atoms with Crippen LogP contribution in [0.1, 0.15) is 24.8 Å². The average Bonchev–Trinajstić information content (AvgIpc) is 3.07. The molecule has 1 aliphatic rings. The molecule has 7 heteroatoms. The zero-order valence-corrected chi connectivity index (χ0v) is 16.3. The molecule has 0 spiro atoms. The summed E-state index contributed by atoms with van der Waals surface area (Å²) in [5, 5.41) is 2.83. The molecule has 3 rings (SSSR count). The standard InChI is InChI=1S/C22H24F2N2O3/c1-15-4-9-20(19(24)12-15)26-14-16(13-21(26)27)22(28)25-10-2-3-11-29-18-7-5-17(23)6-8-18/h4-9,12,16H,2-3,10-11,13-14H2,1H3,(H,25,28). The normalized spacial score (nSPS) is 16.2. The van der Waals surface area contributed by atoms with Crippen LogP contribution < -0.4 is 15.0 Å². The van der Waals surface area contributed by atoms with Crippen molar-refractivity contribution in [1.82, 2.24) is 5.32 Å². The summed E-state index contributed by atoms with van der Waals surface area (Å²) in [5.74, 6) is -1.11. The molecule has 0 bridgehead atoms. The van der Waals surface area contributed by atoms with E-state index in [-0.39, 0.29) is 36.3 Å². The van der Waals surface area contributed by atoms with Gasteiger partial charge in [0.2, 0.25) is 11.8 Å². The van der Waals surface area contributed by atoms with Crippen molar-refractivity contribution < 1.29 is 23.1 Å². The van der Waals surface area contributed by atoms with E-state index in [1.54, 1.807) is 31.2 Å². The van der Waals surface area contributed by atoms with Crippen LogP contribution in [0, 0.1) is 24.5 Å². The number of benzene rings is 2. The smallest absolute Gasteiger partial charge is 0.227 e. The van der Waals surface area contributed by atoms with E-state index in [0.717, 1.165) is 12.0 Å². The van der Waals surface area contributed by atoms with Gasteiger partial charge in [-0.3, -0.25) is 9.59 Å². The number of nitrogens with one attached hydrogen (secondary N) is 1. The van der Waals surface area contributed by atoms with E-state index >= 15 is 0 Å². The molecule has 0 saturated carbocycles. The summed E-state index contributed by atoms with van der Waals surface area (Å²) in [5.41, 5.74) is 0.990. The van der Waals surface area contributed by atoms with Gasteiger partial charge in [0, 0.05) is 19.5 Å². The highest BCUT2D eigenvalue weighted by Gasteiger charge is 2.35. The number of carbonyl (C=O) groups excluding carboxylic acids is 2. The van der Waals surface area contributed by atoms with E-state index in [2.05, 4.69) is 5.32 Å². The predicted octanol–water partition coefficient (Wildman–Crippen LogP) is 3.60. The van der Waals surface area contributed by atoms with Crippen molar-refractivity contribution >= 4 is 17.5 Å². The second-order valence-electron chi connectivity index (χ2n) is 7.16. The van der Waals surface area contributed by atoms with Gasteiger partial charge in [0.25, 0.3) is 0 Å². The molecule has 0 aliphatic carbocycles. The van der Waals surface area contributed by atoms with Crippen LogP contribution in [0.25, 0.3) is 0 Å². The highest BCUT2D eigenvalue weighted by Crippen LogP contribution is 2.28. The van der Waals surface area contributed by atoms with E-state index in [1.165, 1.54) is 23.1 Å². The molecule has 29 heavy (non-hydrogen) atoms. The molecule has 0 aromatic heterocycles. The summed E-state index contributed by atoms with van der Waals surface area (Å²) < 4.78 is 32.5. The van der Waals surface area contributed by atoms with Gasteiger partial charge in [-0.2, -0.15) is 0 Å². The Hall–Kier alpha value is -2.96. The predicted molar refractivity (Wildman–Crippen MR) is 106 cm³/mol. The largest absolute Gasteiger partial charge is 0.494 e. The fourth-order valence-electron chi connectivity index (χ4n) is 3.25. The molecule has 1 saturated heterocycles. The Labute approximate surface area is 168 Å². The number of hydrogen-bond acceptors (Lipinski definition) is 3. The van der Waals surface area contributed by atoms with E-state index in [0.29, 0.717) is 25.3 Å². The minimum absolute atomic E-state index is 0.0762. The van der Waals surface area contributed by atoms with Crippen LogP contribution in [-0.4, -0.2) is 31.5 Å². The molecule has 1 heterocycles. The summed E-state index contributed by atoms with van der Waals surface area (Å²) in [6.45, 7) is 2.89. The first-order chi connectivity index (χ1) is 13.9. The summed E-state index contributed by atoms with van der Waals surface area (Å²) in [6, 6.07) is 10.5. The van der Waals surface area contributed by atoms with Crippen molar-refractivity contribution in [3.05, 3.63) is 59.7 Å². The Morgan fingerprint density at radius 2 is 1.93 bits per heavy atom. The maximum Gasteiger partial charge on any atom is 0.227 e. The number of ether oxygens (including phenoxy) is 1. The van der Waals surface area contributed by atoms with Crippen molar-refractivity contribution in [3.63, 3.8) is 0 Å². The Bertz CT molecular complexity index is 871. The molecule has 1 atom stereocenters. The van der Waals surface area contributed by atoms with Crippen LogP contribution in [0.3, 0.4) is 0 Å². The number of nitrogens with zero attached hydrogens (tertiary/aromatic N) is 1. The minimum atomic E-state index is -0.487. The van der Waals surface area contributed by atoms with Crippen LogP contribution in [0.2, 0.25) is 0 Å². The van der Waals surface area contributed by atoms with Crippen molar-refractivity contribution in [1.29, 1.82) is 0 Å². The van der Waals surface area contributed by atoms with Crippen LogP contribution in [-0.2, 0) is 9.59 Å². The third-order valence-electron chi connectivity index (χ3n) is 4.84. The molecule has 2 amide bonds. The van der Waals surface area contributed by atoms with Crippen molar-refractivity contribution in [2.75, 3.05) is 24.6 Å². The second-order valence-corrected chi connectivity index (χ2v) is 7.16. The van der Waals surface area contributed by atoms with E-state index in [1.807, 2.05) is 0 Å². The first kappa shape index (κ1) is 20.8. The Morgan fingerprint density at radius 1 is 1.17 bits per heavy atom. The lowest BCUT2D eigenvalue weighted by Gasteiger charge is -2.17. The minimum Gasteiger partial charge on any atom is -0.494 e. The number of hydrogen-bond donors (Lipinski definition) is 1. The van der Waals surface area contributed by atoms with Crippen molar-refractivity contribution in [3.8, 4) is 5.75 Å².